The minimum absolute atomic E-state index is 0.357. The Morgan fingerprint density at radius 2 is 1.91 bits per heavy atom. The van der Waals surface area contributed by atoms with Crippen molar-refractivity contribution in [1.29, 1.82) is 0 Å². The molecule has 7 N–H and O–H groups in total. The fraction of sp³-hybridized carbons (Fsp3) is 0.667. The van der Waals surface area contributed by atoms with E-state index in [4.69, 9.17) is 21.3 Å². The highest BCUT2D eigenvalue weighted by Gasteiger charge is 2.49. The molecule has 10 nitrogen and oxygen atoms in total. The predicted octanol–water partition coefficient (Wildman–Crippen LogP) is -2.95. The van der Waals surface area contributed by atoms with Crippen LogP contribution in [0.1, 0.15) is 19.8 Å². The minimum atomic E-state index is -1.33. The monoisotopic (exact) mass is 316 g/mol. The molecular formula is C12H20N4O6. The fourth-order valence-electron chi connectivity index (χ4n) is 1.75. The third kappa shape index (κ3) is 4.97. The van der Waals surface area contributed by atoms with Crippen molar-refractivity contribution in [2.45, 2.75) is 44.1 Å². The first-order valence-electron chi connectivity index (χ1n) is 6.79. The second-order valence-electron chi connectivity index (χ2n) is 4.92. The van der Waals surface area contributed by atoms with Gasteiger partial charge in [0.05, 0.1) is 6.04 Å². The molecule has 1 fully saturated rings. The molecule has 0 aromatic carbocycles. The summed E-state index contributed by atoms with van der Waals surface area (Å²) in [6.45, 7) is 1.48. The molecule has 3 amide bonds. The molecule has 1 aliphatic heterocycles. The molecule has 1 heterocycles. The molecule has 4 atom stereocenters. The topological polar surface area (TPSA) is 177 Å². The molecule has 124 valence electrons. The zero-order chi connectivity index (χ0) is 16.9. The second kappa shape index (κ2) is 7.71. The highest BCUT2D eigenvalue weighted by molar-refractivity contribution is 5.94. The lowest BCUT2D eigenvalue weighted by Crippen LogP contribution is -2.53. The average Bonchev–Trinajstić information content (AvgIpc) is 3.23. The van der Waals surface area contributed by atoms with Crippen molar-refractivity contribution in [3.8, 4) is 0 Å². The van der Waals surface area contributed by atoms with Gasteiger partial charge in [0.15, 0.2) is 12.2 Å². The molecule has 0 bridgehead atoms. The Kier molecular flexibility index (Phi) is 6.25. The van der Waals surface area contributed by atoms with E-state index in [0.29, 0.717) is 12.8 Å². The maximum Gasteiger partial charge on any atom is 0.328 e. The van der Waals surface area contributed by atoms with E-state index in [1.165, 1.54) is 0 Å². The Morgan fingerprint density at radius 3 is 2.36 bits per heavy atom. The summed E-state index contributed by atoms with van der Waals surface area (Å²) in [6.07, 6.45) is -0.905. The van der Waals surface area contributed by atoms with Crippen LogP contribution in [-0.2, 0) is 23.9 Å². The zero-order valence-electron chi connectivity index (χ0n) is 12.1. The third-order valence-corrected chi connectivity index (χ3v) is 3.06. The number of rotatable bonds is 9. The number of amides is 3. The van der Waals surface area contributed by atoms with Gasteiger partial charge in [-0.1, -0.05) is 13.3 Å². The van der Waals surface area contributed by atoms with Gasteiger partial charge in [-0.05, 0) is 6.42 Å². The maximum absolute atomic E-state index is 11.7. The number of nitrogens with two attached hydrogens (primary N) is 2. The van der Waals surface area contributed by atoms with Crippen LogP contribution in [0.2, 0.25) is 0 Å². The number of carbonyl (C=O) groups is 4. The standard InChI is InChI=1S/C12H20N4O6/c1-2-3-5(13)10(18)16-6(12(20)21)4-15-11(19)8-7(22-8)9(14)17/h5-8H,2-4,13H2,1H3,(H2,14,17)(H,15,19)(H,16,18)(H,20,21)/t5-,6-,7+,8+/m0/s1. The lowest BCUT2D eigenvalue weighted by Gasteiger charge is -2.17. The number of carbonyl (C=O) groups excluding carboxylic acids is 3. The first-order chi connectivity index (χ1) is 10.3. The smallest absolute Gasteiger partial charge is 0.328 e. The van der Waals surface area contributed by atoms with Crippen LogP contribution in [0.4, 0.5) is 0 Å². The van der Waals surface area contributed by atoms with Crippen LogP contribution < -0.4 is 22.1 Å². The van der Waals surface area contributed by atoms with Gasteiger partial charge in [-0.15, -0.1) is 0 Å². The molecule has 1 aliphatic rings. The van der Waals surface area contributed by atoms with Crippen molar-refractivity contribution in [1.82, 2.24) is 10.6 Å². The number of ether oxygens (including phenoxy) is 1. The molecule has 0 aliphatic carbocycles. The Labute approximate surface area is 126 Å². The Bertz CT molecular complexity index is 469. The quantitative estimate of drug-likeness (QED) is 0.282. The van der Waals surface area contributed by atoms with Crippen molar-refractivity contribution in [2.24, 2.45) is 11.5 Å². The number of epoxide rings is 1. The van der Waals surface area contributed by atoms with Gasteiger partial charge in [-0.2, -0.15) is 0 Å². The summed E-state index contributed by atoms with van der Waals surface area (Å²) in [7, 11) is 0. The maximum atomic E-state index is 11.7. The first-order valence-corrected chi connectivity index (χ1v) is 6.79. The number of hydrogen-bond acceptors (Lipinski definition) is 6. The normalized spacial score (nSPS) is 22.3. The van der Waals surface area contributed by atoms with Gasteiger partial charge in [0, 0.05) is 6.54 Å². The molecule has 0 unspecified atom stereocenters. The van der Waals surface area contributed by atoms with E-state index in [9.17, 15) is 19.2 Å². The van der Waals surface area contributed by atoms with Crippen molar-refractivity contribution in [3.63, 3.8) is 0 Å². The van der Waals surface area contributed by atoms with Crippen LogP contribution in [0, 0.1) is 0 Å². The zero-order valence-corrected chi connectivity index (χ0v) is 12.1. The molecular weight excluding hydrogens is 296 g/mol. The van der Waals surface area contributed by atoms with E-state index >= 15 is 0 Å². The minimum Gasteiger partial charge on any atom is -0.480 e. The molecule has 0 aromatic rings. The van der Waals surface area contributed by atoms with E-state index in [1.807, 2.05) is 6.92 Å². The first kappa shape index (κ1) is 17.9. The summed E-state index contributed by atoms with van der Waals surface area (Å²) in [5, 5.41) is 13.5. The van der Waals surface area contributed by atoms with E-state index in [2.05, 4.69) is 10.6 Å². The van der Waals surface area contributed by atoms with Crippen LogP contribution >= 0.6 is 0 Å². The number of primary amides is 1. The van der Waals surface area contributed by atoms with E-state index in [0.717, 1.165) is 0 Å². The van der Waals surface area contributed by atoms with Gasteiger partial charge in [-0.25, -0.2) is 4.79 Å². The summed E-state index contributed by atoms with van der Waals surface area (Å²) in [5.74, 6) is -3.36. The number of aliphatic carboxylic acids is 1. The van der Waals surface area contributed by atoms with Crippen LogP contribution in [0.25, 0.3) is 0 Å². The summed E-state index contributed by atoms with van der Waals surface area (Å²) in [6, 6.07) is -2.14. The van der Waals surface area contributed by atoms with E-state index < -0.39 is 48.0 Å². The summed E-state index contributed by atoms with van der Waals surface area (Å²) in [5.41, 5.74) is 10.5. The highest BCUT2D eigenvalue weighted by atomic mass is 16.6. The van der Waals surface area contributed by atoms with Crippen LogP contribution in [-0.4, -0.2) is 59.6 Å². The number of nitrogens with one attached hydrogen (secondary N) is 2. The van der Waals surface area contributed by atoms with E-state index in [1.54, 1.807) is 0 Å². The largest absolute Gasteiger partial charge is 0.480 e. The van der Waals surface area contributed by atoms with Gasteiger partial charge < -0.3 is 31.9 Å². The van der Waals surface area contributed by atoms with Crippen LogP contribution in [0.5, 0.6) is 0 Å². The molecule has 0 aromatic heterocycles. The van der Waals surface area contributed by atoms with Gasteiger partial charge in [-0.3, -0.25) is 14.4 Å². The van der Waals surface area contributed by atoms with Crippen molar-refractivity contribution >= 4 is 23.7 Å². The fourth-order valence-corrected chi connectivity index (χ4v) is 1.75. The number of hydrogen-bond donors (Lipinski definition) is 5. The van der Waals surface area contributed by atoms with Gasteiger partial charge in [0.25, 0.3) is 5.91 Å². The molecule has 0 spiro atoms. The lowest BCUT2D eigenvalue weighted by atomic mass is 10.1. The second-order valence-corrected chi connectivity index (χ2v) is 4.92. The Hall–Kier alpha value is -2.20. The summed E-state index contributed by atoms with van der Waals surface area (Å²) in [4.78, 5) is 45.1. The third-order valence-electron chi connectivity index (χ3n) is 3.06. The van der Waals surface area contributed by atoms with Crippen molar-refractivity contribution < 1.29 is 29.0 Å². The SMILES string of the molecule is CCC[C@H](N)C(=O)N[C@@H](CNC(=O)[C@@H]1O[C@H]1C(N)=O)C(=O)O. The summed E-state index contributed by atoms with van der Waals surface area (Å²) >= 11 is 0. The lowest BCUT2D eigenvalue weighted by molar-refractivity contribution is -0.142. The highest BCUT2D eigenvalue weighted by Crippen LogP contribution is 2.21. The molecule has 1 rings (SSSR count). The van der Waals surface area contributed by atoms with Gasteiger partial charge >= 0.3 is 5.97 Å². The Morgan fingerprint density at radius 1 is 1.27 bits per heavy atom. The van der Waals surface area contributed by atoms with Gasteiger partial charge in [0.1, 0.15) is 6.04 Å². The molecule has 0 saturated carbocycles. The predicted molar refractivity (Wildman–Crippen MR) is 73.3 cm³/mol. The molecule has 10 heteroatoms. The number of carboxylic acid groups (broad SMARTS) is 1. The molecule has 22 heavy (non-hydrogen) atoms. The van der Waals surface area contributed by atoms with Crippen LogP contribution in [0.3, 0.4) is 0 Å². The van der Waals surface area contributed by atoms with E-state index in [-0.39, 0.29) is 6.54 Å². The van der Waals surface area contributed by atoms with Crippen LogP contribution in [0.15, 0.2) is 0 Å². The molecule has 0 radical (unpaired) electrons. The summed E-state index contributed by atoms with van der Waals surface area (Å²) < 4.78 is 4.74. The Balaban J connectivity index is 2.45. The van der Waals surface area contributed by atoms with Crippen molar-refractivity contribution in [3.05, 3.63) is 0 Å². The van der Waals surface area contributed by atoms with Gasteiger partial charge in [0.2, 0.25) is 11.8 Å². The molecule has 1 saturated heterocycles. The average molecular weight is 316 g/mol. The van der Waals surface area contributed by atoms with Crippen molar-refractivity contribution in [2.75, 3.05) is 6.54 Å². The number of carboxylic acids is 1.